The van der Waals surface area contributed by atoms with E-state index in [-0.39, 0.29) is 0 Å². The number of halogens is 1. The van der Waals surface area contributed by atoms with E-state index in [2.05, 4.69) is 9.67 Å². The standard InChI is InChI=1S/C19H23ClN4O2/c1-4-23(19(25)26)10-5-6-16-13(2)21-22(3)18(16)24-11-9-14-12-15(20)7-8-17(14)24/h7-9,11-12H,4-6,10H2,1-3H3,(H,25,26). The molecule has 1 amide bonds. The number of aryl methyl sites for hydroxylation is 2. The van der Waals surface area contributed by atoms with Crippen molar-refractivity contribution >= 4 is 28.6 Å². The molecule has 0 radical (unpaired) electrons. The molecule has 0 fully saturated rings. The van der Waals surface area contributed by atoms with Gasteiger partial charge >= 0.3 is 6.09 Å². The average molecular weight is 375 g/mol. The molecule has 2 heterocycles. The monoisotopic (exact) mass is 374 g/mol. The Balaban J connectivity index is 1.92. The van der Waals surface area contributed by atoms with Gasteiger partial charge in [0.15, 0.2) is 0 Å². The third-order valence-electron chi connectivity index (χ3n) is 4.70. The van der Waals surface area contributed by atoms with Crippen LogP contribution in [-0.2, 0) is 13.5 Å². The van der Waals surface area contributed by atoms with E-state index in [0.29, 0.717) is 18.1 Å². The molecule has 0 saturated heterocycles. The topological polar surface area (TPSA) is 63.3 Å². The van der Waals surface area contributed by atoms with Crippen molar-refractivity contribution in [2.45, 2.75) is 26.7 Å². The maximum Gasteiger partial charge on any atom is 0.407 e. The molecule has 0 unspecified atom stereocenters. The first-order valence-corrected chi connectivity index (χ1v) is 9.07. The summed E-state index contributed by atoms with van der Waals surface area (Å²) in [5.74, 6) is 1.01. The van der Waals surface area contributed by atoms with E-state index in [1.807, 2.05) is 56.0 Å². The molecule has 6 nitrogen and oxygen atoms in total. The number of nitrogens with zero attached hydrogens (tertiary/aromatic N) is 4. The van der Waals surface area contributed by atoms with Crippen molar-refractivity contribution in [2.24, 2.45) is 7.05 Å². The van der Waals surface area contributed by atoms with E-state index in [4.69, 9.17) is 16.7 Å². The van der Waals surface area contributed by atoms with Crippen LogP contribution in [0.3, 0.4) is 0 Å². The first kappa shape index (κ1) is 18.3. The zero-order valence-electron chi connectivity index (χ0n) is 15.2. The summed E-state index contributed by atoms with van der Waals surface area (Å²) in [6.07, 6.45) is 2.68. The summed E-state index contributed by atoms with van der Waals surface area (Å²) in [5, 5.41) is 15.5. The number of hydrogen-bond donors (Lipinski definition) is 1. The highest BCUT2D eigenvalue weighted by atomic mass is 35.5. The van der Waals surface area contributed by atoms with Gasteiger partial charge < -0.3 is 14.6 Å². The number of benzene rings is 1. The van der Waals surface area contributed by atoms with Crippen molar-refractivity contribution < 1.29 is 9.90 Å². The minimum atomic E-state index is -0.871. The largest absolute Gasteiger partial charge is 0.465 e. The second-order valence-corrected chi connectivity index (χ2v) is 6.80. The quantitative estimate of drug-likeness (QED) is 0.701. The molecule has 0 atom stereocenters. The van der Waals surface area contributed by atoms with Gasteiger partial charge in [0.25, 0.3) is 0 Å². The SMILES string of the molecule is CCN(CCCc1c(C)nn(C)c1-n1ccc2cc(Cl)ccc21)C(=O)O. The molecule has 1 aromatic carbocycles. The second-order valence-electron chi connectivity index (χ2n) is 6.37. The zero-order chi connectivity index (χ0) is 18.8. The molecule has 0 saturated carbocycles. The van der Waals surface area contributed by atoms with Crippen molar-refractivity contribution in [3.05, 3.63) is 46.7 Å². The summed E-state index contributed by atoms with van der Waals surface area (Å²) in [6.45, 7) is 4.86. The van der Waals surface area contributed by atoms with Crippen LogP contribution in [0, 0.1) is 6.92 Å². The molecule has 3 aromatic rings. The van der Waals surface area contributed by atoms with Crippen LogP contribution in [-0.4, -0.2) is 43.5 Å². The third kappa shape index (κ3) is 3.42. The van der Waals surface area contributed by atoms with Crippen LogP contribution in [0.25, 0.3) is 16.7 Å². The lowest BCUT2D eigenvalue weighted by atomic mass is 10.1. The maximum atomic E-state index is 11.2. The Hall–Kier alpha value is -2.47. The van der Waals surface area contributed by atoms with E-state index < -0.39 is 6.09 Å². The smallest absolute Gasteiger partial charge is 0.407 e. The van der Waals surface area contributed by atoms with Crippen molar-refractivity contribution in [3.8, 4) is 5.82 Å². The Morgan fingerprint density at radius 2 is 2.12 bits per heavy atom. The van der Waals surface area contributed by atoms with Crippen LogP contribution < -0.4 is 0 Å². The van der Waals surface area contributed by atoms with E-state index in [1.54, 1.807) is 0 Å². The van der Waals surface area contributed by atoms with Crippen LogP contribution >= 0.6 is 11.6 Å². The number of hydrogen-bond acceptors (Lipinski definition) is 2. The molecule has 0 aliphatic rings. The van der Waals surface area contributed by atoms with Crippen molar-refractivity contribution in [1.29, 1.82) is 0 Å². The summed E-state index contributed by atoms with van der Waals surface area (Å²) < 4.78 is 4.00. The van der Waals surface area contributed by atoms with Crippen molar-refractivity contribution in [1.82, 2.24) is 19.2 Å². The number of fused-ring (bicyclic) bond motifs is 1. The van der Waals surface area contributed by atoms with E-state index >= 15 is 0 Å². The molecule has 3 rings (SSSR count). The lowest BCUT2D eigenvalue weighted by Crippen LogP contribution is -2.30. The molecule has 26 heavy (non-hydrogen) atoms. The predicted molar refractivity (Wildman–Crippen MR) is 103 cm³/mol. The van der Waals surface area contributed by atoms with Gasteiger partial charge in [0, 0.05) is 42.3 Å². The van der Waals surface area contributed by atoms with Gasteiger partial charge in [-0.05, 0) is 51.0 Å². The van der Waals surface area contributed by atoms with Crippen molar-refractivity contribution in [2.75, 3.05) is 13.1 Å². The van der Waals surface area contributed by atoms with Gasteiger partial charge in [-0.1, -0.05) is 11.6 Å². The Kier molecular flexibility index (Phi) is 5.23. The van der Waals surface area contributed by atoms with Gasteiger partial charge in [-0.3, -0.25) is 4.68 Å². The molecule has 0 aliphatic heterocycles. The Morgan fingerprint density at radius 3 is 2.81 bits per heavy atom. The van der Waals surface area contributed by atoms with E-state index in [0.717, 1.165) is 40.8 Å². The fourth-order valence-corrected chi connectivity index (χ4v) is 3.60. The van der Waals surface area contributed by atoms with Crippen LogP contribution in [0.5, 0.6) is 0 Å². The van der Waals surface area contributed by atoms with Gasteiger partial charge in [0.05, 0.1) is 11.2 Å². The third-order valence-corrected chi connectivity index (χ3v) is 4.94. The normalized spacial score (nSPS) is 11.2. The Labute approximate surface area is 157 Å². The van der Waals surface area contributed by atoms with Gasteiger partial charge in [-0.15, -0.1) is 0 Å². The Morgan fingerprint density at radius 1 is 1.35 bits per heavy atom. The van der Waals surface area contributed by atoms with E-state index in [1.165, 1.54) is 4.90 Å². The second kappa shape index (κ2) is 7.41. The number of carboxylic acid groups (broad SMARTS) is 1. The first-order valence-electron chi connectivity index (χ1n) is 8.69. The molecule has 0 spiro atoms. The van der Waals surface area contributed by atoms with E-state index in [9.17, 15) is 4.79 Å². The van der Waals surface area contributed by atoms with Crippen LogP contribution in [0.1, 0.15) is 24.6 Å². The fourth-order valence-electron chi connectivity index (χ4n) is 3.42. The highest BCUT2D eigenvalue weighted by Gasteiger charge is 2.17. The number of aromatic nitrogens is 3. The minimum Gasteiger partial charge on any atom is -0.465 e. The van der Waals surface area contributed by atoms with Crippen LogP contribution in [0.15, 0.2) is 30.5 Å². The molecule has 0 bridgehead atoms. The zero-order valence-corrected chi connectivity index (χ0v) is 16.0. The number of amides is 1. The minimum absolute atomic E-state index is 0.497. The molecule has 0 aliphatic carbocycles. The molecule has 1 N–H and O–H groups in total. The lowest BCUT2D eigenvalue weighted by Gasteiger charge is -2.17. The highest BCUT2D eigenvalue weighted by molar-refractivity contribution is 6.31. The number of rotatable bonds is 6. The van der Waals surface area contributed by atoms with Crippen LogP contribution in [0.2, 0.25) is 5.02 Å². The summed E-state index contributed by atoms with van der Waals surface area (Å²) >= 11 is 6.10. The summed E-state index contributed by atoms with van der Waals surface area (Å²) in [7, 11) is 1.93. The fraction of sp³-hybridized carbons (Fsp3) is 0.368. The molecule has 2 aromatic heterocycles. The van der Waals surface area contributed by atoms with Gasteiger partial charge in [-0.2, -0.15) is 5.10 Å². The average Bonchev–Trinajstić information content (AvgIpc) is 3.11. The maximum absolute atomic E-state index is 11.2. The summed E-state index contributed by atoms with van der Waals surface area (Å²) in [4.78, 5) is 12.6. The Bertz CT molecular complexity index is 945. The summed E-state index contributed by atoms with van der Waals surface area (Å²) in [6, 6.07) is 7.88. The molecule has 138 valence electrons. The van der Waals surface area contributed by atoms with Gasteiger partial charge in [0.2, 0.25) is 0 Å². The predicted octanol–water partition coefficient (Wildman–Crippen LogP) is 4.26. The molecular formula is C19H23ClN4O2. The van der Waals surface area contributed by atoms with Gasteiger partial charge in [0.1, 0.15) is 5.82 Å². The molecule has 7 heteroatoms. The summed E-state index contributed by atoms with van der Waals surface area (Å²) in [5.41, 5.74) is 3.18. The van der Waals surface area contributed by atoms with Gasteiger partial charge in [-0.25, -0.2) is 4.79 Å². The highest BCUT2D eigenvalue weighted by Crippen LogP contribution is 2.27. The van der Waals surface area contributed by atoms with Crippen LogP contribution in [0.4, 0.5) is 4.79 Å². The molecular weight excluding hydrogens is 352 g/mol. The number of carbonyl (C=O) groups is 1. The first-order chi connectivity index (χ1) is 12.4. The van der Waals surface area contributed by atoms with Crippen molar-refractivity contribution in [3.63, 3.8) is 0 Å². The lowest BCUT2D eigenvalue weighted by molar-refractivity contribution is 0.147.